The number of carbonyl (C=O) groups excluding carboxylic acids is 1. The standard InChI is InChI=1S/C11H12O4/c1-7(12)14-11-9-6-4-3-5-8(9)10(13-2)15-11/h3-6,10-11H,1-2H3/t10?,11-/m0/s1. The monoisotopic (exact) mass is 208 g/mol. The minimum Gasteiger partial charge on any atom is -0.431 e. The Morgan fingerprint density at radius 3 is 2.40 bits per heavy atom. The van der Waals surface area contributed by atoms with E-state index in [1.165, 1.54) is 6.92 Å². The van der Waals surface area contributed by atoms with E-state index in [4.69, 9.17) is 14.2 Å². The van der Waals surface area contributed by atoms with Crippen LogP contribution < -0.4 is 0 Å². The van der Waals surface area contributed by atoms with Crippen molar-refractivity contribution in [3.05, 3.63) is 35.4 Å². The highest BCUT2D eigenvalue weighted by Gasteiger charge is 2.33. The van der Waals surface area contributed by atoms with Crippen LogP contribution in [0.1, 0.15) is 30.6 Å². The third kappa shape index (κ3) is 1.86. The van der Waals surface area contributed by atoms with Gasteiger partial charge in [0.05, 0.1) is 0 Å². The van der Waals surface area contributed by atoms with Gasteiger partial charge in [-0.15, -0.1) is 0 Å². The highest BCUT2D eigenvalue weighted by molar-refractivity contribution is 5.66. The number of ether oxygens (including phenoxy) is 3. The highest BCUT2D eigenvalue weighted by atomic mass is 16.8. The molecule has 0 radical (unpaired) electrons. The Balaban J connectivity index is 2.29. The van der Waals surface area contributed by atoms with Crippen LogP contribution >= 0.6 is 0 Å². The quantitative estimate of drug-likeness (QED) is 0.696. The fourth-order valence-corrected chi connectivity index (χ4v) is 1.62. The van der Waals surface area contributed by atoms with Crippen molar-refractivity contribution in [2.45, 2.75) is 19.5 Å². The maximum atomic E-state index is 10.9. The lowest BCUT2D eigenvalue weighted by atomic mass is 10.1. The number of hydrogen-bond acceptors (Lipinski definition) is 4. The van der Waals surface area contributed by atoms with Gasteiger partial charge in [-0.25, -0.2) is 0 Å². The molecule has 4 heteroatoms. The summed E-state index contributed by atoms with van der Waals surface area (Å²) in [5.74, 6) is -0.369. The first-order valence-electron chi connectivity index (χ1n) is 4.66. The minimum absolute atomic E-state index is 0.369. The summed E-state index contributed by atoms with van der Waals surface area (Å²) in [4.78, 5) is 10.9. The van der Waals surface area contributed by atoms with Crippen LogP contribution in [0.25, 0.3) is 0 Å². The second kappa shape index (κ2) is 4.00. The summed E-state index contributed by atoms with van der Waals surface area (Å²) in [6.45, 7) is 1.35. The van der Waals surface area contributed by atoms with Crippen molar-refractivity contribution < 1.29 is 19.0 Å². The van der Waals surface area contributed by atoms with E-state index in [1.54, 1.807) is 7.11 Å². The van der Waals surface area contributed by atoms with Gasteiger partial charge in [0.2, 0.25) is 6.29 Å². The predicted octanol–water partition coefficient (Wildman–Crippen LogP) is 1.92. The zero-order valence-corrected chi connectivity index (χ0v) is 8.60. The molecule has 2 rings (SSSR count). The predicted molar refractivity (Wildman–Crippen MR) is 51.8 cm³/mol. The smallest absolute Gasteiger partial charge is 0.305 e. The van der Waals surface area contributed by atoms with E-state index in [-0.39, 0.29) is 5.97 Å². The Hall–Kier alpha value is -1.39. The second-order valence-corrected chi connectivity index (χ2v) is 3.27. The Kier molecular flexibility index (Phi) is 2.70. The van der Waals surface area contributed by atoms with Crippen molar-refractivity contribution in [2.24, 2.45) is 0 Å². The van der Waals surface area contributed by atoms with Crippen molar-refractivity contribution in [3.8, 4) is 0 Å². The third-order valence-corrected chi connectivity index (χ3v) is 2.24. The molecule has 0 N–H and O–H groups in total. The van der Waals surface area contributed by atoms with E-state index in [0.29, 0.717) is 0 Å². The van der Waals surface area contributed by atoms with E-state index in [0.717, 1.165) is 11.1 Å². The lowest BCUT2D eigenvalue weighted by molar-refractivity contribution is -0.223. The molecule has 80 valence electrons. The van der Waals surface area contributed by atoms with Gasteiger partial charge in [0.15, 0.2) is 6.29 Å². The summed E-state index contributed by atoms with van der Waals surface area (Å²) >= 11 is 0. The first kappa shape index (κ1) is 10.1. The number of fused-ring (bicyclic) bond motifs is 1. The molecule has 1 aliphatic rings. The lowest BCUT2D eigenvalue weighted by Gasteiger charge is -2.12. The molecule has 1 aliphatic heterocycles. The summed E-state index contributed by atoms with van der Waals surface area (Å²) in [5.41, 5.74) is 1.76. The number of benzene rings is 1. The zero-order valence-electron chi connectivity index (χ0n) is 8.60. The molecule has 0 aromatic heterocycles. The molecular weight excluding hydrogens is 196 g/mol. The van der Waals surface area contributed by atoms with Crippen molar-refractivity contribution in [1.82, 2.24) is 0 Å². The highest BCUT2D eigenvalue weighted by Crippen LogP contribution is 2.39. The van der Waals surface area contributed by atoms with Crippen molar-refractivity contribution in [3.63, 3.8) is 0 Å². The molecule has 4 nitrogen and oxygen atoms in total. The number of methoxy groups -OCH3 is 1. The first-order valence-corrected chi connectivity index (χ1v) is 4.66. The number of hydrogen-bond donors (Lipinski definition) is 0. The molecule has 1 heterocycles. The molecule has 1 aromatic rings. The van der Waals surface area contributed by atoms with Gasteiger partial charge in [-0.3, -0.25) is 4.79 Å². The minimum atomic E-state index is -0.649. The normalized spacial score (nSPS) is 23.6. The molecule has 0 spiro atoms. The van der Waals surface area contributed by atoms with Crippen LogP contribution in [-0.2, 0) is 19.0 Å². The summed E-state index contributed by atoms with van der Waals surface area (Å²) in [5, 5.41) is 0. The van der Waals surface area contributed by atoms with Crippen molar-refractivity contribution in [1.29, 1.82) is 0 Å². The number of rotatable bonds is 2. The van der Waals surface area contributed by atoms with Crippen LogP contribution in [-0.4, -0.2) is 13.1 Å². The third-order valence-electron chi connectivity index (χ3n) is 2.24. The Labute approximate surface area is 87.8 Å². The molecule has 0 saturated heterocycles. The van der Waals surface area contributed by atoms with Crippen molar-refractivity contribution >= 4 is 5.97 Å². The molecule has 0 fully saturated rings. The average Bonchev–Trinajstić information content (AvgIpc) is 2.56. The molecule has 0 aliphatic carbocycles. The van der Waals surface area contributed by atoms with E-state index < -0.39 is 12.6 Å². The first-order chi connectivity index (χ1) is 7.22. The van der Waals surface area contributed by atoms with E-state index >= 15 is 0 Å². The van der Waals surface area contributed by atoms with E-state index in [1.807, 2.05) is 24.3 Å². The Bertz CT molecular complexity index is 375. The van der Waals surface area contributed by atoms with E-state index in [2.05, 4.69) is 0 Å². The average molecular weight is 208 g/mol. The Morgan fingerprint density at radius 2 is 1.87 bits per heavy atom. The van der Waals surface area contributed by atoms with Crippen molar-refractivity contribution in [2.75, 3.05) is 7.11 Å². The molecule has 0 amide bonds. The molecule has 1 unspecified atom stereocenters. The van der Waals surface area contributed by atoms with Crippen LogP contribution in [0.15, 0.2) is 24.3 Å². The molecule has 0 saturated carbocycles. The van der Waals surface area contributed by atoms with Gasteiger partial charge in [-0.1, -0.05) is 24.3 Å². The van der Waals surface area contributed by atoms with Crippen LogP contribution in [0.3, 0.4) is 0 Å². The summed E-state index contributed by atoms with van der Waals surface area (Å²) in [7, 11) is 1.55. The maximum Gasteiger partial charge on any atom is 0.305 e. The lowest BCUT2D eigenvalue weighted by Crippen LogP contribution is -2.08. The van der Waals surface area contributed by atoms with Gasteiger partial charge in [-0.05, 0) is 0 Å². The summed E-state index contributed by atoms with van der Waals surface area (Å²) in [6, 6.07) is 7.52. The van der Waals surface area contributed by atoms with Gasteiger partial charge in [0, 0.05) is 25.2 Å². The van der Waals surface area contributed by atoms with E-state index in [9.17, 15) is 4.79 Å². The largest absolute Gasteiger partial charge is 0.431 e. The fraction of sp³-hybridized carbons (Fsp3) is 0.364. The van der Waals surface area contributed by atoms with Crippen LogP contribution in [0, 0.1) is 0 Å². The summed E-state index contributed by atoms with van der Waals surface area (Å²) < 4.78 is 15.6. The summed E-state index contributed by atoms with van der Waals surface area (Å²) in [6.07, 6.45) is -1.10. The van der Waals surface area contributed by atoms with Gasteiger partial charge in [0.1, 0.15) is 0 Å². The molecule has 1 aromatic carbocycles. The van der Waals surface area contributed by atoms with Crippen LogP contribution in [0.4, 0.5) is 0 Å². The van der Waals surface area contributed by atoms with Crippen LogP contribution in [0.2, 0.25) is 0 Å². The second-order valence-electron chi connectivity index (χ2n) is 3.27. The van der Waals surface area contributed by atoms with Gasteiger partial charge in [0.25, 0.3) is 0 Å². The molecule has 0 bridgehead atoms. The fourth-order valence-electron chi connectivity index (χ4n) is 1.62. The zero-order chi connectivity index (χ0) is 10.8. The van der Waals surface area contributed by atoms with Gasteiger partial charge < -0.3 is 14.2 Å². The topological polar surface area (TPSA) is 44.8 Å². The molecular formula is C11H12O4. The number of esters is 1. The maximum absolute atomic E-state index is 10.9. The number of carbonyl (C=O) groups is 1. The SMILES string of the molecule is COC1O[C@H](OC(C)=O)c2ccccc21. The van der Waals surface area contributed by atoms with Crippen LogP contribution in [0.5, 0.6) is 0 Å². The molecule has 2 atom stereocenters. The molecule has 15 heavy (non-hydrogen) atoms. The Morgan fingerprint density at radius 1 is 1.27 bits per heavy atom. The van der Waals surface area contributed by atoms with Gasteiger partial charge in [-0.2, -0.15) is 0 Å². The van der Waals surface area contributed by atoms with Gasteiger partial charge >= 0.3 is 5.97 Å².